The molecule has 0 rings (SSSR count). The summed E-state index contributed by atoms with van der Waals surface area (Å²) in [5.74, 6) is 0.212. The van der Waals surface area contributed by atoms with Crippen LogP contribution in [0.15, 0.2) is 0 Å². The number of hydrogen-bond acceptors (Lipinski definition) is 2. The van der Waals surface area contributed by atoms with Gasteiger partial charge in [-0.2, -0.15) is 0 Å². The zero-order chi connectivity index (χ0) is 15.1. The van der Waals surface area contributed by atoms with Crippen LogP contribution in [0.4, 0.5) is 0 Å². The van der Waals surface area contributed by atoms with E-state index < -0.39 is 8.07 Å². The van der Waals surface area contributed by atoms with Crippen LogP contribution in [-0.4, -0.2) is 18.9 Å². The van der Waals surface area contributed by atoms with E-state index in [9.17, 15) is 9.59 Å². The minimum Gasteiger partial charge on any atom is -0.305 e. The molecule has 0 bridgehead atoms. The van der Waals surface area contributed by atoms with Crippen molar-refractivity contribution in [3.05, 3.63) is 0 Å². The molecule has 0 fully saturated rings. The third kappa shape index (κ3) is 4.86. The van der Waals surface area contributed by atoms with Crippen molar-refractivity contribution in [3.8, 4) is 0 Å². The highest BCUT2D eigenvalue weighted by atomic mass is 28.3. The zero-order valence-electron chi connectivity index (χ0n) is 13.7. The minimum atomic E-state index is -2.43. The lowest BCUT2D eigenvalue weighted by Crippen LogP contribution is -2.52. The van der Waals surface area contributed by atoms with Crippen molar-refractivity contribution in [1.29, 1.82) is 0 Å². The summed E-state index contributed by atoms with van der Waals surface area (Å²) in [6, 6.07) is 0. The van der Waals surface area contributed by atoms with E-state index in [4.69, 9.17) is 0 Å². The van der Waals surface area contributed by atoms with Gasteiger partial charge < -0.3 is 9.59 Å². The van der Waals surface area contributed by atoms with E-state index in [1.807, 2.05) is 13.1 Å². The Morgan fingerprint density at radius 1 is 0.789 bits per heavy atom. The zero-order valence-corrected chi connectivity index (χ0v) is 14.7. The molecule has 2 nitrogen and oxygen atoms in total. The van der Waals surface area contributed by atoms with Crippen LogP contribution in [0.5, 0.6) is 0 Å². The average molecular weight is 285 g/mol. The molecule has 0 aliphatic heterocycles. The van der Waals surface area contributed by atoms with E-state index in [-0.39, 0.29) is 22.6 Å². The molecule has 3 heteroatoms. The van der Waals surface area contributed by atoms with Gasteiger partial charge in [-0.25, -0.2) is 0 Å². The third-order valence-corrected chi connectivity index (χ3v) is 7.51. The molecule has 0 saturated heterocycles. The van der Waals surface area contributed by atoms with Crippen LogP contribution in [0.25, 0.3) is 0 Å². The van der Waals surface area contributed by atoms with Crippen molar-refractivity contribution in [2.75, 3.05) is 0 Å². The first-order valence-electron chi connectivity index (χ1n) is 7.95. The van der Waals surface area contributed by atoms with Crippen molar-refractivity contribution < 1.29 is 9.59 Å². The number of carbonyl (C=O) groups is 2. The van der Waals surface area contributed by atoms with E-state index in [1.54, 1.807) is 0 Å². The predicted octanol–water partition coefficient (Wildman–Crippen LogP) is 4.56. The van der Waals surface area contributed by atoms with E-state index in [1.165, 1.54) is 0 Å². The maximum atomic E-state index is 12.7. The molecule has 0 aromatic carbocycles. The molecule has 0 saturated carbocycles. The largest absolute Gasteiger partial charge is 0.305 e. The van der Waals surface area contributed by atoms with Gasteiger partial charge in [0.05, 0.1) is 0 Å². The summed E-state index contributed by atoms with van der Waals surface area (Å²) in [5.41, 5.74) is 0. The number of carbonyl (C=O) groups excluding carboxylic acids is 2. The Morgan fingerprint density at radius 2 is 1.11 bits per heavy atom. The molecule has 112 valence electrons. The van der Waals surface area contributed by atoms with Crippen LogP contribution in [0.2, 0.25) is 13.1 Å². The van der Waals surface area contributed by atoms with Crippen LogP contribution < -0.4 is 0 Å². The quantitative estimate of drug-likeness (QED) is 0.551. The van der Waals surface area contributed by atoms with Crippen LogP contribution in [0, 0.1) is 11.8 Å². The van der Waals surface area contributed by atoms with Crippen molar-refractivity contribution >= 4 is 18.9 Å². The fraction of sp³-hybridized carbons (Fsp3) is 0.875. The smallest absolute Gasteiger partial charge is 0.202 e. The monoisotopic (exact) mass is 284 g/mol. The molecule has 0 radical (unpaired) electrons. The van der Waals surface area contributed by atoms with Gasteiger partial charge in [0.25, 0.3) is 0 Å². The fourth-order valence-corrected chi connectivity index (χ4v) is 5.86. The van der Waals surface area contributed by atoms with E-state index in [2.05, 4.69) is 27.7 Å². The molecule has 2 unspecified atom stereocenters. The summed E-state index contributed by atoms with van der Waals surface area (Å²) in [7, 11) is -2.43. The normalized spacial score (nSPS) is 15.1. The van der Waals surface area contributed by atoms with E-state index in [0.29, 0.717) is 0 Å². The molecular formula is C16H32O2Si. The summed E-state index contributed by atoms with van der Waals surface area (Å²) in [4.78, 5) is 25.4. The van der Waals surface area contributed by atoms with E-state index >= 15 is 0 Å². The topological polar surface area (TPSA) is 34.1 Å². The van der Waals surface area contributed by atoms with Gasteiger partial charge in [-0.05, 0) is 25.7 Å². The van der Waals surface area contributed by atoms with E-state index in [0.717, 1.165) is 38.5 Å². The molecule has 0 aromatic rings. The first-order chi connectivity index (χ1) is 8.86. The van der Waals surface area contributed by atoms with Gasteiger partial charge in [0.1, 0.15) is 10.8 Å². The minimum absolute atomic E-state index is 0.106. The molecule has 2 atom stereocenters. The lowest BCUT2D eigenvalue weighted by molar-refractivity contribution is -0.120. The van der Waals surface area contributed by atoms with Crippen molar-refractivity contribution in [3.63, 3.8) is 0 Å². The lowest BCUT2D eigenvalue weighted by Gasteiger charge is -2.28. The molecule has 0 aliphatic rings. The summed E-state index contributed by atoms with van der Waals surface area (Å²) < 4.78 is 0. The first-order valence-corrected chi connectivity index (χ1v) is 10.9. The van der Waals surface area contributed by atoms with Gasteiger partial charge in [-0.1, -0.05) is 53.6 Å². The Morgan fingerprint density at radius 3 is 1.32 bits per heavy atom. The van der Waals surface area contributed by atoms with Crippen molar-refractivity contribution in [2.24, 2.45) is 11.8 Å². The van der Waals surface area contributed by atoms with Gasteiger partial charge >= 0.3 is 0 Å². The highest BCUT2D eigenvalue weighted by Gasteiger charge is 2.43. The Balaban J connectivity index is 5.01. The molecule has 0 aliphatic carbocycles. The Bertz CT molecular complexity index is 269. The van der Waals surface area contributed by atoms with Gasteiger partial charge in [0.2, 0.25) is 8.07 Å². The van der Waals surface area contributed by atoms with Crippen LogP contribution >= 0.6 is 0 Å². The second-order valence-electron chi connectivity index (χ2n) is 6.14. The molecule has 0 spiro atoms. The standard InChI is InChI=1S/C16H32O2Si/c1-7-11-13(9-3)15(17)19(5,6)16(18)14(10-4)12-8-2/h13-14H,7-12H2,1-6H3. The molecule has 0 heterocycles. The van der Waals surface area contributed by atoms with Crippen LogP contribution in [-0.2, 0) is 9.59 Å². The fourth-order valence-electron chi connectivity index (χ4n) is 2.88. The van der Waals surface area contributed by atoms with Gasteiger partial charge in [-0.15, -0.1) is 0 Å². The third-order valence-electron chi connectivity index (χ3n) is 4.23. The van der Waals surface area contributed by atoms with Crippen molar-refractivity contribution in [2.45, 2.75) is 79.3 Å². The van der Waals surface area contributed by atoms with Crippen LogP contribution in [0.1, 0.15) is 66.2 Å². The average Bonchev–Trinajstić information content (AvgIpc) is 2.40. The molecule has 0 aromatic heterocycles. The SMILES string of the molecule is CCCC(CC)C(=O)[Si](C)(C)C(=O)C(CC)CCC. The number of rotatable bonds is 10. The molecule has 0 N–H and O–H groups in total. The molecule has 0 amide bonds. The second kappa shape index (κ2) is 8.67. The Kier molecular flexibility index (Phi) is 8.47. The van der Waals surface area contributed by atoms with Gasteiger partial charge in [0, 0.05) is 11.8 Å². The predicted molar refractivity (Wildman–Crippen MR) is 84.9 cm³/mol. The highest BCUT2D eigenvalue weighted by Crippen LogP contribution is 2.25. The van der Waals surface area contributed by atoms with Gasteiger partial charge in [-0.3, -0.25) is 0 Å². The summed E-state index contributed by atoms with van der Waals surface area (Å²) in [5, 5.41) is 0.577. The Hall–Kier alpha value is -0.443. The summed E-state index contributed by atoms with van der Waals surface area (Å²) in [6.45, 7) is 12.3. The first kappa shape index (κ1) is 18.6. The summed E-state index contributed by atoms with van der Waals surface area (Å²) >= 11 is 0. The molecule has 19 heavy (non-hydrogen) atoms. The van der Waals surface area contributed by atoms with Crippen molar-refractivity contribution in [1.82, 2.24) is 0 Å². The van der Waals surface area contributed by atoms with Gasteiger partial charge in [0.15, 0.2) is 0 Å². The van der Waals surface area contributed by atoms with Crippen LogP contribution in [0.3, 0.4) is 0 Å². The lowest BCUT2D eigenvalue weighted by atomic mass is 10.0. The second-order valence-corrected chi connectivity index (χ2v) is 10.4. The highest BCUT2D eigenvalue weighted by molar-refractivity contribution is 7.23. The maximum Gasteiger partial charge on any atom is 0.202 e. The maximum absolute atomic E-state index is 12.7. The summed E-state index contributed by atoms with van der Waals surface area (Å²) in [6.07, 6.45) is 5.67. The Labute approximate surface area is 120 Å². The molecular weight excluding hydrogens is 252 g/mol. The number of hydrogen-bond donors (Lipinski definition) is 0.